The van der Waals surface area contributed by atoms with Crippen molar-refractivity contribution >= 4 is 20.9 Å². The SMILES string of the molecule is CCOC(=O)[C@]1(c2ccnc3c(-c4ccc(C)cc4)cnn23)C[C@H]1P. The normalized spacial score (nSPS) is 22.1. The van der Waals surface area contributed by atoms with Gasteiger partial charge in [0, 0.05) is 11.8 Å². The first-order valence-electron chi connectivity index (χ1n) is 8.41. The fourth-order valence-electron chi connectivity index (χ4n) is 3.35. The van der Waals surface area contributed by atoms with Crippen molar-refractivity contribution in [3.8, 4) is 11.1 Å². The second-order valence-corrected chi connectivity index (χ2v) is 7.30. The fraction of sp³-hybridized carbons (Fsp3) is 0.316. The van der Waals surface area contributed by atoms with Crippen molar-refractivity contribution in [1.82, 2.24) is 14.6 Å². The van der Waals surface area contributed by atoms with E-state index in [1.807, 2.05) is 19.2 Å². The van der Waals surface area contributed by atoms with E-state index in [9.17, 15) is 4.79 Å². The van der Waals surface area contributed by atoms with E-state index in [1.165, 1.54) is 5.56 Å². The summed E-state index contributed by atoms with van der Waals surface area (Å²) in [5, 5.41) is 4.54. The van der Waals surface area contributed by atoms with Gasteiger partial charge in [0.15, 0.2) is 5.65 Å². The van der Waals surface area contributed by atoms with Crippen molar-refractivity contribution < 1.29 is 9.53 Å². The summed E-state index contributed by atoms with van der Waals surface area (Å²) in [5.41, 5.74) is 4.35. The van der Waals surface area contributed by atoms with Crippen LogP contribution in [-0.2, 0) is 14.9 Å². The molecule has 128 valence electrons. The third kappa shape index (κ3) is 2.46. The molecule has 1 unspecified atom stereocenters. The zero-order valence-corrected chi connectivity index (χ0v) is 15.4. The van der Waals surface area contributed by atoms with Crippen LogP contribution in [0.2, 0.25) is 0 Å². The molecule has 0 aliphatic heterocycles. The Hall–Kier alpha value is -2.26. The summed E-state index contributed by atoms with van der Waals surface area (Å²) < 4.78 is 7.12. The molecule has 4 rings (SSSR count). The van der Waals surface area contributed by atoms with Crippen molar-refractivity contribution in [3.63, 3.8) is 0 Å². The number of aromatic nitrogens is 3. The first kappa shape index (κ1) is 16.2. The zero-order valence-electron chi connectivity index (χ0n) is 14.3. The number of rotatable bonds is 4. The number of ether oxygens (including phenoxy) is 1. The van der Waals surface area contributed by atoms with E-state index < -0.39 is 5.41 Å². The van der Waals surface area contributed by atoms with Crippen LogP contribution in [0.15, 0.2) is 42.7 Å². The molecular weight excluding hydrogens is 333 g/mol. The van der Waals surface area contributed by atoms with Crippen molar-refractivity contribution in [2.24, 2.45) is 0 Å². The Kier molecular flexibility index (Phi) is 3.84. The van der Waals surface area contributed by atoms with Crippen molar-refractivity contribution in [2.45, 2.75) is 31.3 Å². The van der Waals surface area contributed by atoms with Gasteiger partial charge < -0.3 is 4.74 Å². The molecule has 0 saturated heterocycles. The lowest BCUT2D eigenvalue weighted by atomic mass is 10.0. The van der Waals surface area contributed by atoms with E-state index in [1.54, 1.807) is 10.7 Å². The van der Waals surface area contributed by atoms with Gasteiger partial charge in [-0.1, -0.05) is 29.8 Å². The van der Waals surface area contributed by atoms with Crippen LogP contribution in [0.3, 0.4) is 0 Å². The molecule has 3 atom stereocenters. The number of hydrogen-bond acceptors (Lipinski definition) is 4. The van der Waals surface area contributed by atoms with E-state index in [-0.39, 0.29) is 11.6 Å². The van der Waals surface area contributed by atoms with Crippen LogP contribution < -0.4 is 0 Å². The van der Waals surface area contributed by atoms with Gasteiger partial charge in [0.1, 0.15) is 5.41 Å². The number of aryl methyl sites for hydroxylation is 1. The Morgan fingerprint density at radius 3 is 2.72 bits per heavy atom. The van der Waals surface area contributed by atoms with Gasteiger partial charge in [-0.3, -0.25) is 4.79 Å². The zero-order chi connectivity index (χ0) is 17.6. The highest BCUT2D eigenvalue weighted by molar-refractivity contribution is 7.18. The average Bonchev–Trinajstić information content (AvgIpc) is 3.11. The second-order valence-electron chi connectivity index (χ2n) is 6.49. The molecule has 1 aromatic carbocycles. The number of carbonyl (C=O) groups excluding carboxylic acids is 1. The molecule has 1 fully saturated rings. The number of hydrogen-bond donors (Lipinski definition) is 0. The minimum absolute atomic E-state index is 0.157. The predicted octanol–water partition coefficient (Wildman–Crippen LogP) is 3.15. The first-order chi connectivity index (χ1) is 12.1. The largest absolute Gasteiger partial charge is 0.465 e. The first-order valence-corrected chi connectivity index (χ1v) is 9.07. The Morgan fingerprint density at radius 1 is 1.36 bits per heavy atom. The molecule has 0 spiro atoms. The average molecular weight is 353 g/mol. The van der Waals surface area contributed by atoms with E-state index >= 15 is 0 Å². The third-order valence-electron chi connectivity index (χ3n) is 4.88. The number of nitrogens with zero attached hydrogens (tertiary/aromatic N) is 3. The van der Waals surface area contributed by atoms with E-state index in [4.69, 9.17) is 4.74 Å². The van der Waals surface area contributed by atoms with E-state index in [2.05, 4.69) is 50.5 Å². The molecule has 5 nitrogen and oxygen atoms in total. The third-order valence-corrected chi connectivity index (χ3v) is 5.68. The highest BCUT2D eigenvalue weighted by atomic mass is 31.0. The molecule has 1 saturated carbocycles. The topological polar surface area (TPSA) is 56.5 Å². The minimum atomic E-state index is -0.640. The molecule has 2 aromatic heterocycles. The van der Waals surface area contributed by atoms with Gasteiger partial charge in [-0.05, 0) is 37.6 Å². The monoisotopic (exact) mass is 353 g/mol. The molecule has 25 heavy (non-hydrogen) atoms. The molecule has 2 heterocycles. The van der Waals surface area contributed by atoms with Gasteiger partial charge in [-0.15, -0.1) is 9.24 Å². The van der Waals surface area contributed by atoms with Gasteiger partial charge in [0.05, 0.1) is 18.5 Å². The van der Waals surface area contributed by atoms with Gasteiger partial charge in [0.25, 0.3) is 0 Å². The Morgan fingerprint density at radius 2 is 2.08 bits per heavy atom. The molecule has 6 heteroatoms. The Balaban J connectivity index is 1.85. The summed E-state index contributed by atoms with van der Waals surface area (Å²) in [4.78, 5) is 17.1. The molecule has 1 aliphatic rings. The van der Waals surface area contributed by atoms with Crippen LogP contribution in [0.25, 0.3) is 16.8 Å². The smallest absolute Gasteiger partial charge is 0.318 e. The molecule has 0 amide bonds. The standard InChI is InChI=1S/C19H20N3O2P/c1-3-24-18(23)19(10-16(19)25)15-8-9-20-17-14(11-21-22(15)17)13-6-4-12(2)5-7-13/h4-9,11,16H,3,10,25H2,1-2H3/t16-,19+/m1/s1. The maximum Gasteiger partial charge on any atom is 0.318 e. The summed E-state index contributed by atoms with van der Waals surface area (Å²) in [5.74, 6) is -0.185. The van der Waals surface area contributed by atoms with Gasteiger partial charge in [-0.2, -0.15) is 5.10 Å². The molecule has 0 N–H and O–H groups in total. The quantitative estimate of drug-likeness (QED) is 0.534. The van der Waals surface area contributed by atoms with Crippen molar-refractivity contribution in [1.29, 1.82) is 0 Å². The maximum atomic E-state index is 12.6. The lowest BCUT2D eigenvalue weighted by molar-refractivity contribution is -0.146. The summed E-state index contributed by atoms with van der Waals surface area (Å²) in [6, 6.07) is 10.2. The summed E-state index contributed by atoms with van der Waals surface area (Å²) in [6.45, 7) is 4.27. The van der Waals surface area contributed by atoms with Crippen LogP contribution in [-0.4, -0.2) is 32.8 Å². The molecule has 0 bridgehead atoms. The van der Waals surface area contributed by atoms with Crippen molar-refractivity contribution in [2.75, 3.05) is 6.61 Å². The number of benzene rings is 1. The van der Waals surface area contributed by atoms with Gasteiger partial charge in [-0.25, -0.2) is 9.50 Å². The number of esters is 1. The number of carbonyl (C=O) groups is 1. The van der Waals surface area contributed by atoms with Crippen LogP contribution >= 0.6 is 9.24 Å². The van der Waals surface area contributed by atoms with Crippen LogP contribution in [0.1, 0.15) is 24.6 Å². The molecule has 1 aliphatic carbocycles. The lowest BCUT2D eigenvalue weighted by Crippen LogP contribution is -2.28. The van der Waals surface area contributed by atoms with Crippen molar-refractivity contribution in [3.05, 3.63) is 54.0 Å². The van der Waals surface area contributed by atoms with Crippen LogP contribution in [0.4, 0.5) is 0 Å². The summed E-state index contributed by atoms with van der Waals surface area (Å²) in [7, 11) is 2.75. The molecular formula is C19H20N3O2P. The predicted molar refractivity (Wildman–Crippen MR) is 99.6 cm³/mol. The number of fused-ring (bicyclic) bond motifs is 1. The molecule has 0 radical (unpaired) electrons. The Labute approximate surface area is 148 Å². The van der Waals surface area contributed by atoms with Gasteiger partial charge in [0.2, 0.25) is 0 Å². The van der Waals surface area contributed by atoms with Crippen LogP contribution in [0, 0.1) is 6.92 Å². The summed E-state index contributed by atoms with van der Waals surface area (Å²) in [6.07, 6.45) is 4.31. The second kappa shape index (κ2) is 5.92. The Bertz CT molecular complexity index is 951. The lowest BCUT2D eigenvalue weighted by Gasteiger charge is -2.16. The molecule has 3 aromatic rings. The fourth-order valence-corrected chi connectivity index (χ4v) is 4.03. The van der Waals surface area contributed by atoms with Crippen LogP contribution in [0.5, 0.6) is 0 Å². The maximum absolute atomic E-state index is 12.6. The minimum Gasteiger partial charge on any atom is -0.465 e. The highest BCUT2D eigenvalue weighted by Crippen LogP contribution is 2.54. The summed E-state index contributed by atoms with van der Waals surface area (Å²) >= 11 is 0. The van der Waals surface area contributed by atoms with Gasteiger partial charge >= 0.3 is 5.97 Å². The van der Waals surface area contributed by atoms with E-state index in [0.717, 1.165) is 28.9 Å². The highest BCUT2D eigenvalue weighted by Gasteiger charge is 2.61. The van der Waals surface area contributed by atoms with E-state index in [0.29, 0.717) is 6.61 Å².